The molecule has 18 heavy (non-hydrogen) atoms. The highest BCUT2D eigenvalue weighted by atomic mass is 16.5. The summed E-state index contributed by atoms with van der Waals surface area (Å²) in [6, 6.07) is 3.61. The summed E-state index contributed by atoms with van der Waals surface area (Å²) in [5.74, 6) is 1.94. The van der Waals surface area contributed by atoms with E-state index in [1.807, 2.05) is 19.1 Å². The van der Waals surface area contributed by atoms with Crippen LogP contribution in [0.25, 0.3) is 6.08 Å². The molecule has 0 bridgehead atoms. The molecular formula is C14H20O4. The minimum absolute atomic E-state index is 0.0357. The first kappa shape index (κ1) is 14.4. The van der Waals surface area contributed by atoms with E-state index in [4.69, 9.17) is 14.2 Å². The van der Waals surface area contributed by atoms with Crippen LogP contribution in [0.3, 0.4) is 0 Å². The van der Waals surface area contributed by atoms with E-state index in [1.54, 1.807) is 27.4 Å². The number of methoxy groups -OCH3 is 3. The van der Waals surface area contributed by atoms with E-state index in [9.17, 15) is 5.11 Å². The van der Waals surface area contributed by atoms with Gasteiger partial charge in [0.25, 0.3) is 0 Å². The summed E-state index contributed by atoms with van der Waals surface area (Å²) in [5, 5.41) is 9.21. The standard InChI is InChI=1S/C14H20O4/c1-5-10(9-15)6-11-7-13(17-3)14(18-4)8-12(11)16-2/h6-8,15H,5,9H2,1-4H3. The van der Waals surface area contributed by atoms with Gasteiger partial charge >= 0.3 is 0 Å². The van der Waals surface area contributed by atoms with Gasteiger partial charge in [-0.2, -0.15) is 0 Å². The van der Waals surface area contributed by atoms with E-state index in [2.05, 4.69) is 0 Å². The summed E-state index contributed by atoms with van der Waals surface area (Å²) in [7, 11) is 4.77. The SMILES string of the molecule is CCC(=Cc1cc(OC)c(OC)cc1OC)CO. The molecule has 0 saturated carbocycles. The number of ether oxygens (including phenoxy) is 3. The van der Waals surface area contributed by atoms with Gasteiger partial charge in [-0.25, -0.2) is 0 Å². The third-order valence-electron chi connectivity index (χ3n) is 2.75. The zero-order valence-corrected chi connectivity index (χ0v) is 11.3. The van der Waals surface area contributed by atoms with Gasteiger partial charge in [-0.05, 0) is 24.1 Å². The number of rotatable bonds is 6. The van der Waals surface area contributed by atoms with Crippen molar-refractivity contribution in [3.05, 3.63) is 23.3 Å². The Morgan fingerprint density at radius 2 is 1.61 bits per heavy atom. The summed E-state index contributed by atoms with van der Waals surface area (Å²) in [6.07, 6.45) is 2.69. The molecule has 0 aliphatic carbocycles. The molecule has 0 unspecified atom stereocenters. The van der Waals surface area contributed by atoms with Crippen molar-refractivity contribution in [1.29, 1.82) is 0 Å². The second-order valence-corrected chi connectivity index (χ2v) is 3.76. The van der Waals surface area contributed by atoms with Crippen molar-refractivity contribution in [3.63, 3.8) is 0 Å². The number of aliphatic hydroxyl groups excluding tert-OH is 1. The van der Waals surface area contributed by atoms with Crippen molar-refractivity contribution in [2.45, 2.75) is 13.3 Å². The Balaban J connectivity index is 3.29. The number of aliphatic hydroxyl groups is 1. The maximum absolute atomic E-state index is 9.21. The van der Waals surface area contributed by atoms with Crippen LogP contribution >= 0.6 is 0 Å². The molecule has 0 spiro atoms. The molecule has 0 fully saturated rings. The van der Waals surface area contributed by atoms with Crippen molar-refractivity contribution < 1.29 is 19.3 Å². The lowest BCUT2D eigenvalue weighted by Gasteiger charge is -2.13. The largest absolute Gasteiger partial charge is 0.496 e. The molecule has 4 heteroatoms. The lowest BCUT2D eigenvalue weighted by atomic mass is 10.1. The molecule has 1 aromatic rings. The van der Waals surface area contributed by atoms with Gasteiger partial charge in [-0.3, -0.25) is 0 Å². The Labute approximate surface area is 108 Å². The van der Waals surface area contributed by atoms with Crippen LogP contribution in [0, 0.1) is 0 Å². The average molecular weight is 252 g/mol. The summed E-state index contributed by atoms with van der Waals surface area (Å²) < 4.78 is 15.8. The molecule has 4 nitrogen and oxygen atoms in total. The number of hydrogen-bond donors (Lipinski definition) is 1. The average Bonchev–Trinajstić information content (AvgIpc) is 2.43. The minimum Gasteiger partial charge on any atom is -0.496 e. The fourth-order valence-electron chi connectivity index (χ4n) is 1.65. The lowest BCUT2D eigenvalue weighted by Crippen LogP contribution is -1.96. The Morgan fingerprint density at radius 1 is 1.06 bits per heavy atom. The predicted octanol–water partition coefficient (Wildman–Crippen LogP) is 2.50. The van der Waals surface area contributed by atoms with Crippen molar-refractivity contribution in [3.8, 4) is 17.2 Å². The molecule has 0 aromatic heterocycles. The van der Waals surface area contributed by atoms with Crippen LogP contribution in [0.2, 0.25) is 0 Å². The monoisotopic (exact) mass is 252 g/mol. The molecule has 0 atom stereocenters. The van der Waals surface area contributed by atoms with Gasteiger partial charge in [-0.15, -0.1) is 0 Å². The predicted molar refractivity (Wildman–Crippen MR) is 71.5 cm³/mol. The highest BCUT2D eigenvalue weighted by molar-refractivity contribution is 5.65. The van der Waals surface area contributed by atoms with E-state index in [-0.39, 0.29) is 6.61 Å². The normalized spacial score (nSPS) is 11.3. The molecule has 1 N–H and O–H groups in total. The Kier molecular flexibility index (Phi) is 5.52. The Bertz CT molecular complexity index is 418. The van der Waals surface area contributed by atoms with Gasteiger partial charge in [0.1, 0.15) is 5.75 Å². The first-order valence-corrected chi connectivity index (χ1v) is 5.80. The van der Waals surface area contributed by atoms with E-state index in [1.165, 1.54) is 0 Å². The number of benzene rings is 1. The van der Waals surface area contributed by atoms with Crippen LogP contribution in [0.5, 0.6) is 17.2 Å². The molecule has 100 valence electrons. The van der Waals surface area contributed by atoms with Crippen LogP contribution in [0.1, 0.15) is 18.9 Å². The molecule has 1 rings (SSSR count). The van der Waals surface area contributed by atoms with Crippen LogP contribution in [-0.2, 0) is 0 Å². The van der Waals surface area contributed by atoms with Crippen LogP contribution in [0.15, 0.2) is 17.7 Å². The van der Waals surface area contributed by atoms with E-state index < -0.39 is 0 Å². The molecule has 0 heterocycles. The van der Waals surface area contributed by atoms with Crippen molar-refractivity contribution in [2.75, 3.05) is 27.9 Å². The summed E-state index contributed by atoms with van der Waals surface area (Å²) >= 11 is 0. The van der Waals surface area contributed by atoms with Gasteiger partial charge in [0, 0.05) is 11.6 Å². The fourth-order valence-corrected chi connectivity index (χ4v) is 1.65. The molecule has 0 aliphatic heterocycles. The maximum atomic E-state index is 9.21. The first-order valence-electron chi connectivity index (χ1n) is 5.80. The van der Waals surface area contributed by atoms with Crippen LogP contribution in [-0.4, -0.2) is 33.0 Å². The molecule has 0 saturated heterocycles. The Morgan fingerprint density at radius 3 is 2.06 bits per heavy atom. The molecule has 0 aliphatic rings. The first-order chi connectivity index (χ1) is 8.69. The zero-order valence-electron chi connectivity index (χ0n) is 11.3. The molecule has 0 amide bonds. The van der Waals surface area contributed by atoms with E-state index in [0.29, 0.717) is 17.2 Å². The number of hydrogen-bond acceptors (Lipinski definition) is 4. The second kappa shape index (κ2) is 6.91. The van der Waals surface area contributed by atoms with E-state index in [0.717, 1.165) is 17.6 Å². The molecule has 1 aromatic carbocycles. The molecular weight excluding hydrogens is 232 g/mol. The van der Waals surface area contributed by atoms with E-state index >= 15 is 0 Å². The van der Waals surface area contributed by atoms with Crippen LogP contribution in [0.4, 0.5) is 0 Å². The summed E-state index contributed by atoms with van der Waals surface area (Å²) in [5.41, 5.74) is 1.79. The maximum Gasteiger partial charge on any atom is 0.164 e. The van der Waals surface area contributed by atoms with Gasteiger partial charge in [0.2, 0.25) is 0 Å². The summed E-state index contributed by atoms with van der Waals surface area (Å²) in [6.45, 7) is 2.03. The quantitative estimate of drug-likeness (QED) is 0.845. The zero-order chi connectivity index (χ0) is 13.5. The third kappa shape index (κ3) is 3.17. The van der Waals surface area contributed by atoms with Gasteiger partial charge in [0.05, 0.1) is 27.9 Å². The van der Waals surface area contributed by atoms with Gasteiger partial charge in [-0.1, -0.05) is 6.92 Å². The fraction of sp³-hybridized carbons (Fsp3) is 0.429. The van der Waals surface area contributed by atoms with Crippen LogP contribution < -0.4 is 14.2 Å². The summed E-state index contributed by atoms with van der Waals surface area (Å²) in [4.78, 5) is 0. The second-order valence-electron chi connectivity index (χ2n) is 3.76. The van der Waals surface area contributed by atoms with Gasteiger partial charge in [0.15, 0.2) is 11.5 Å². The van der Waals surface area contributed by atoms with Crippen molar-refractivity contribution in [2.24, 2.45) is 0 Å². The third-order valence-corrected chi connectivity index (χ3v) is 2.75. The minimum atomic E-state index is 0.0357. The van der Waals surface area contributed by atoms with Gasteiger partial charge < -0.3 is 19.3 Å². The van der Waals surface area contributed by atoms with Crippen molar-refractivity contribution in [1.82, 2.24) is 0 Å². The molecule has 0 radical (unpaired) electrons. The Hall–Kier alpha value is -1.68. The van der Waals surface area contributed by atoms with Crippen molar-refractivity contribution >= 4 is 6.08 Å². The highest BCUT2D eigenvalue weighted by Crippen LogP contribution is 2.35. The highest BCUT2D eigenvalue weighted by Gasteiger charge is 2.10. The lowest BCUT2D eigenvalue weighted by molar-refractivity contribution is 0.328. The topological polar surface area (TPSA) is 47.9 Å². The smallest absolute Gasteiger partial charge is 0.164 e.